The van der Waals surface area contributed by atoms with Crippen molar-refractivity contribution in [1.29, 1.82) is 0 Å². The second-order valence-electron chi connectivity index (χ2n) is 6.58. The zero-order chi connectivity index (χ0) is 19.9. The number of aromatic nitrogens is 2. The van der Waals surface area contributed by atoms with Crippen molar-refractivity contribution in [2.45, 2.75) is 40.2 Å². The number of thiazole rings is 1. The monoisotopic (exact) mass is 525 g/mol. The standard InChI is InChI=1S/C21H27N5OS.HI/c1-5-18-15(3)28-19(26-18)10-11-23-21(22-4)24-12-17-13-27-20(25-17)16-8-6-14(2)7-9-16;/h6-9,13H,5,10-12H2,1-4H3,(H2,22,23,24);1H. The first kappa shape index (κ1) is 23.3. The summed E-state index contributed by atoms with van der Waals surface area (Å²) in [6, 6.07) is 8.14. The molecule has 29 heavy (non-hydrogen) atoms. The van der Waals surface area contributed by atoms with E-state index in [1.54, 1.807) is 24.6 Å². The third kappa shape index (κ3) is 6.53. The first-order valence-corrected chi connectivity index (χ1v) is 10.3. The van der Waals surface area contributed by atoms with E-state index in [1.807, 2.05) is 12.1 Å². The summed E-state index contributed by atoms with van der Waals surface area (Å²) in [7, 11) is 1.76. The van der Waals surface area contributed by atoms with Crippen LogP contribution in [0, 0.1) is 13.8 Å². The summed E-state index contributed by atoms with van der Waals surface area (Å²) in [6.07, 6.45) is 3.55. The van der Waals surface area contributed by atoms with Gasteiger partial charge in [0.15, 0.2) is 5.96 Å². The molecule has 3 aromatic rings. The summed E-state index contributed by atoms with van der Waals surface area (Å²) in [5.41, 5.74) is 4.23. The Labute approximate surface area is 193 Å². The zero-order valence-corrected chi connectivity index (χ0v) is 20.4. The first-order valence-electron chi connectivity index (χ1n) is 9.50. The van der Waals surface area contributed by atoms with E-state index in [0.29, 0.717) is 12.4 Å². The number of hydrogen-bond acceptors (Lipinski definition) is 5. The molecule has 2 aromatic heterocycles. The molecule has 156 valence electrons. The molecule has 2 N–H and O–H groups in total. The van der Waals surface area contributed by atoms with E-state index in [2.05, 4.69) is 58.5 Å². The highest BCUT2D eigenvalue weighted by Gasteiger charge is 2.08. The van der Waals surface area contributed by atoms with Crippen molar-refractivity contribution in [1.82, 2.24) is 20.6 Å². The highest BCUT2D eigenvalue weighted by atomic mass is 127. The van der Waals surface area contributed by atoms with Gasteiger partial charge in [0.25, 0.3) is 0 Å². The van der Waals surface area contributed by atoms with Crippen LogP contribution in [0.25, 0.3) is 11.5 Å². The SMILES string of the molecule is CCc1nc(CCNC(=NC)NCc2coc(-c3ccc(C)cc3)n2)sc1C.I. The van der Waals surface area contributed by atoms with Crippen LogP contribution in [0.5, 0.6) is 0 Å². The van der Waals surface area contributed by atoms with Gasteiger partial charge >= 0.3 is 0 Å². The van der Waals surface area contributed by atoms with Gasteiger partial charge in [-0.3, -0.25) is 4.99 Å². The molecule has 0 amide bonds. The first-order chi connectivity index (χ1) is 13.6. The summed E-state index contributed by atoms with van der Waals surface area (Å²) >= 11 is 1.78. The van der Waals surface area contributed by atoms with Crippen LogP contribution in [0.4, 0.5) is 0 Å². The molecule has 8 heteroatoms. The molecule has 0 saturated heterocycles. The molecule has 3 rings (SSSR count). The third-order valence-corrected chi connectivity index (χ3v) is 5.49. The largest absolute Gasteiger partial charge is 0.444 e. The summed E-state index contributed by atoms with van der Waals surface area (Å²) in [4.78, 5) is 14.8. The number of aryl methyl sites for hydroxylation is 3. The van der Waals surface area contributed by atoms with Crippen molar-refractivity contribution in [2.75, 3.05) is 13.6 Å². The van der Waals surface area contributed by atoms with Crippen LogP contribution >= 0.6 is 35.3 Å². The number of oxazole rings is 1. The maximum atomic E-state index is 5.60. The normalized spacial score (nSPS) is 11.2. The number of halogens is 1. The minimum atomic E-state index is 0. The lowest BCUT2D eigenvalue weighted by Gasteiger charge is -2.09. The van der Waals surface area contributed by atoms with Gasteiger partial charge in [-0.15, -0.1) is 35.3 Å². The molecule has 0 aliphatic rings. The third-order valence-electron chi connectivity index (χ3n) is 4.41. The Morgan fingerprint density at radius 1 is 1.14 bits per heavy atom. The number of rotatable bonds is 7. The van der Waals surface area contributed by atoms with Crippen molar-refractivity contribution < 1.29 is 4.42 Å². The molecule has 0 atom stereocenters. The second-order valence-corrected chi connectivity index (χ2v) is 7.86. The maximum Gasteiger partial charge on any atom is 0.226 e. The minimum Gasteiger partial charge on any atom is -0.444 e. The van der Waals surface area contributed by atoms with Crippen LogP contribution in [0.3, 0.4) is 0 Å². The van der Waals surface area contributed by atoms with Crippen molar-refractivity contribution in [2.24, 2.45) is 4.99 Å². The lowest BCUT2D eigenvalue weighted by atomic mass is 10.1. The van der Waals surface area contributed by atoms with E-state index in [0.717, 1.165) is 41.6 Å². The Morgan fingerprint density at radius 3 is 2.55 bits per heavy atom. The molecule has 1 aromatic carbocycles. The Balaban J connectivity index is 0.00000300. The second kappa shape index (κ2) is 11.3. The van der Waals surface area contributed by atoms with Crippen LogP contribution in [-0.4, -0.2) is 29.5 Å². The van der Waals surface area contributed by atoms with Gasteiger partial charge in [0.2, 0.25) is 5.89 Å². The molecular formula is C21H28IN5OS. The Kier molecular flexibility index (Phi) is 9.09. The van der Waals surface area contributed by atoms with Gasteiger partial charge in [-0.2, -0.15) is 0 Å². The van der Waals surface area contributed by atoms with Gasteiger partial charge in [0, 0.05) is 30.5 Å². The molecule has 0 aliphatic carbocycles. The number of benzene rings is 1. The zero-order valence-electron chi connectivity index (χ0n) is 17.3. The van der Waals surface area contributed by atoms with E-state index in [4.69, 9.17) is 4.42 Å². The Hall–Kier alpha value is -1.94. The van der Waals surface area contributed by atoms with Gasteiger partial charge in [0.05, 0.1) is 22.9 Å². The Morgan fingerprint density at radius 2 is 1.90 bits per heavy atom. The van der Waals surface area contributed by atoms with E-state index in [-0.39, 0.29) is 24.0 Å². The molecule has 0 spiro atoms. The van der Waals surface area contributed by atoms with Crippen LogP contribution in [0.2, 0.25) is 0 Å². The predicted molar refractivity (Wildman–Crippen MR) is 130 cm³/mol. The fourth-order valence-electron chi connectivity index (χ4n) is 2.82. The number of guanidine groups is 1. The lowest BCUT2D eigenvalue weighted by Crippen LogP contribution is -2.37. The molecule has 0 unspecified atom stereocenters. The smallest absolute Gasteiger partial charge is 0.226 e. The summed E-state index contributed by atoms with van der Waals surface area (Å²) in [5, 5.41) is 7.76. The van der Waals surface area contributed by atoms with Crippen LogP contribution in [0.15, 0.2) is 39.9 Å². The molecule has 6 nitrogen and oxygen atoms in total. The molecule has 0 fully saturated rings. The average Bonchev–Trinajstić information content (AvgIpc) is 3.31. The van der Waals surface area contributed by atoms with Crippen molar-refractivity contribution in [3.63, 3.8) is 0 Å². The van der Waals surface area contributed by atoms with Crippen molar-refractivity contribution >= 4 is 41.3 Å². The van der Waals surface area contributed by atoms with E-state index >= 15 is 0 Å². The predicted octanol–water partition coefficient (Wildman–Crippen LogP) is 4.50. The number of hydrogen-bond donors (Lipinski definition) is 2. The van der Waals surface area contributed by atoms with E-state index in [1.165, 1.54) is 16.1 Å². The molecule has 0 bridgehead atoms. The van der Waals surface area contributed by atoms with Gasteiger partial charge in [-0.25, -0.2) is 9.97 Å². The van der Waals surface area contributed by atoms with E-state index < -0.39 is 0 Å². The number of aliphatic imine (C=N–C) groups is 1. The highest BCUT2D eigenvalue weighted by Crippen LogP contribution is 2.19. The van der Waals surface area contributed by atoms with Gasteiger partial charge in [-0.1, -0.05) is 24.6 Å². The minimum absolute atomic E-state index is 0. The van der Waals surface area contributed by atoms with Crippen LogP contribution < -0.4 is 10.6 Å². The average molecular weight is 525 g/mol. The lowest BCUT2D eigenvalue weighted by molar-refractivity contribution is 0.572. The molecular weight excluding hydrogens is 497 g/mol. The molecule has 0 saturated carbocycles. The quantitative estimate of drug-likeness (QED) is 0.270. The molecule has 0 aliphatic heterocycles. The van der Waals surface area contributed by atoms with E-state index in [9.17, 15) is 0 Å². The summed E-state index contributed by atoms with van der Waals surface area (Å²) in [6.45, 7) is 7.67. The summed E-state index contributed by atoms with van der Waals surface area (Å²) < 4.78 is 5.60. The molecule has 2 heterocycles. The van der Waals surface area contributed by atoms with Crippen molar-refractivity contribution in [3.05, 3.63) is 57.4 Å². The van der Waals surface area contributed by atoms with Gasteiger partial charge in [-0.05, 0) is 32.4 Å². The number of nitrogens with zero attached hydrogens (tertiary/aromatic N) is 3. The maximum absolute atomic E-state index is 5.60. The molecule has 0 radical (unpaired) electrons. The van der Waals surface area contributed by atoms with Crippen molar-refractivity contribution in [3.8, 4) is 11.5 Å². The summed E-state index contributed by atoms with van der Waals surface area (Å²) in [5.74, 6) is 1.37. The topological polar surface area (TPSA) is 75.3 Å². The fraction of sp³-hybridized carbons (Fsp3) is 0.381. The number of nitrogens with one attached hydrogen (secondary N) is 2. The fourth-order valence-corrected chi connectivity index (χ4v) is 3.84. The van der Waals surface area contributed by atoms with Gasteiger partial charge in [0.1, 0.15) is 6.26 Å². The van der Waals surface area contributed by atoms with Crippen LogP contribution in [0.1, 0.15) is 33.8 Å². The highest BCUT2D eigenvalue weighted by molar-refractivity contribution is 14.0. The van der Waals surface area contributed by atoms with Crippen LogP contribution in [-0.2, 0) is 19.4 Å². The Bertz CT molecular complexity index is 933. The van der Waals surface area contributed by atoms with Gasteiger partial charge < -0.3 is 15.1 Å².